The summed E-state index contributed by atoms with van der Waals surface area (Å²) in [6, 6.07) is 11.3. The molecule has 0 atom stereocenters. The molecular formula is C17H12F2N2OS. The Morgan fingerprint density at radius 3 is 2.48 bits per heavy atom. The van der Waals surface area contributed by atoms with Crippen LogP contribution in [0.1, 0.15) is 22.3 Å². The molecule has 0 saturated carbocycles. The lowest BCUT2D eigenvalue weighted by molar-refractivity contribution is 0.100. The van der Waals surface area contributed by atoms with Gasteiger partial charge in [-0.15, -0.1) is 11.3 Å². The molecule has 6 heteroatoms. The van der Waals surface area contributed by atoms with E-state index in [1.807, 2.05) is 0 Å². The number of rotatable bonds is 4. The van der Waals surface area contributed by atoms with Crippen LogP contribution in [0.5, 0.6) is 0 Å². The van der Waals surface area contributed by atoms with Gasteiger partial charge in [-0.2, -0.15) is 0 Å². The molecule has 0 aliphatic rings. The van der Waals surface area contributed by atoms with E-state index in [0.717, 1.165) is 0 Å². The molecule has 3 aromatic rings. The first-order chi connectivity index (χ1) is 11.1. The largest absolute Gasteiger partial charge is 0.366 e. The first-order valence-electron chi connectivity index (χ1n) is 6.79. The third-order valence-electron chi connectivity index (χ3n) is 3.46. The lowest BCUT2D eigenvalue weighted by Gasteiger charge is -2.14. The highest BCUT2D eigenvalue weighted by atomic mass is 32.1. The van der Waals surface area contributed by atoms with E-state index in [2.05, 4.69) is 4.98 Å². The maximum absolute atomic E-state index is 13.5. The van der Waals surface area contributed by atoms with Crippen molar-refractivity contribution in [2.75, 3.05) is 0 Å². The van der Waals surface area contributed by atoms with Gasteiger partial charge in [0.1, 0.15) is 5.01 Å². The fourth-order valence-corrected chi connectivity index (χ4v) is 3.21. The minimum Gasteiger partial charge on any atom is -0.366 e. The summed E-state index contributed by atoms with van der Waals surface area (Å²) in [6.07, 6.45) is -1.08. The number of aromatic nitrogens is 1. The van der Waals surface area contributed by atoms with E-state index < -0.39 is 12.3 Å². The number of hydrogen-bond acceptors (Lipinski definition) is 3. The summed E-state index contributed by atoms with van der Waals surface area (Å²) in [6.45, 7) is 0. The van der Waals surface area contributed by atoms with Gasteiger partial charge in [0.2, 0.25) is 5.91 Å². The van der Waals surface area contributed by atoms with Crippen molar-refractivity contribution in [2.45, 2.75) is 6.43 Å². The predicted molar refractivity (Wildman–Crippen MR) is 86.5 cm³/mol. The van der Waals surface area contributed by atoms with Crippen LogP contribution >= 0.6 is 11.3 Å². The number of halogens is 2. The Morgan fingerprint density at radius 2 is 1.83 bits per heavy atom. The Kier molecular flexibility index (Phi) is 4.16. The van der Waals surface area contributed by atoms with Crippen molar-refractivity contribution in [1.29, 1.82) is 0 Å². The van der Waals surface area contributed by atoms with Crippen LogP contribution < -0.4 is 5.73 Å². The van der Waals surface area contributed by atoms with E-state index in [1.54, 1.807) is 48.0 Å². The zero-order valence-electron chi connectivity index (χ0n) is 11.9. The summed E-state index contributed by atoms with van der Waals surface area (Å²) < 4.78 is 26.9. The smallest absolute Gasteiger partial charge is 0.264 e. The van der Waals surface area contributed by atoms with Crippen LogP contribution in [0.25, 0.3) is 21.7 Å². The van der Waals surface area contributed by atoms with Gasteiger partial charge in [-0.3, -0.25) is 4.79 Å². The molecule has 0 spiro atoms. The SMILES string of the molecule is NC(=O)c1ccccc1-c1cccc(C(F)F)c1-c1nccs1. The Labute approximate surface area is 135 Å². The fraction of sp³-hybridized carbons (Fsp3) is 0.0588. The van der Waals surface area contributed by atoms with E-state index in [-0.39, 0.29) is 11.1 Å². The predicted octanol–water partition coefficient (Wildman–Crippen LogP) is 4.51. The molecule has 0 radical (unpaired) electrons. The summed E-state index contributed by atoms with van der Waals surface area (Å²) in [4.78, 5) is 15.8. The van der Waals surface area contributed by atoms with Gasteiger partial charge >= 0.3 is 0 Å². The lowest BCUT2D eigenvalue weighted by atomic mass is 9.92. The Bertz CT molecular complexity index is 848. The van der Waals surface area contributed by atoms with E-state index in [9.17, 15) is 13.6 Å². The van der Waals surface area contributed by atoms with Gasteiger partial charge in [-0.1, -0.05) is 36.4 Å². The molecule has 0 aliphatic heterocycles. The van der Waals surface area contributed by atoms with Crippen molar-refractivity contribution < 1.29 is 13.6 Å². The Morgan fingerprint density at radius 1 is 1.09 bits per heavy atom. The number of thiazole rings is 1. The van der Waals surface area contributed by atoms with Crippen LogP contribution in [0.2, 0.25) is 0 Å². The zero-order valence-corrected chi connectivity index (χ0v) is 12.7. The minimum atomic E-state index is -2.64. The topological polar surface area (TPSA) is 56.0 Å². The summed E-state index contributed by atoms with van der Waals surface area (Å²) in [5.74, 6) is -0.604. The fourth-order valence-electron chi connectivity index (χ4n) is 2.49. The normalized spacial score (nSPS) is 10.9. The highest BCUT2D eigenvalue weighted by Crippen LogP contribution is 2.40. The molecule has 2 N–H and O–H groups in total. The van der Waals surface area contributed by atoms with Gasteiger partial charge in [0.15, 0.2) is 0 Å². The van der Waals surface area contributed by atoms with Crippen molar-refractivity contribution >= 4 is 17.2 Å². The summed E-state index contributed by atoms with van der Waals surface area (Å²) in [7, 11) is 0. The molecular weight excluding hydrogens is 318 g/mol. The average molecular weight is 330 g/mol. The molecule has 3 rings (SSSR count). The third-order valence-corrected chi connectivity index (χ3v) is 4.25. The quantitative estimate of drug-likeness (QED) is 0.765. The monoisotopic (exact) mass is 330 g/mol. The van der Waals surface area contributed by atoms with Gasteiger partial charge in [-0.05, 0) is 17.2 Å². The average Bonchev–Trinajstić information content (AvgIpc) is 3.08. The zero-order chi connectivity index (χ0) is 16.4. The van der Waals surface area contributed by atoms with Crippen molar-refractivity contribution in [2.24, 2.45) is 5.73 Å². The molecule has 1 heterocycles. The number of nitrogens with zero attached hydrogens (tertiary/aromatic N) is 1. The number of carbonyl (C=O) groups excluding carboxylic acids is 1. The second-order valence-electron chi connectivity index (χ2n) is 4.82. The van der Waals surface area contributed by atoms with Crippen molar-refractivity contribution in [3.8, 4) is 21.7 Å². The van der Waals surface area contributed by atoms with Crippen LogP contribution in [-0.4, -0.2) is 10.9 Å². The van der Waals surface area contributed by atoms with Crippen molar-refractivity contribution in [1.82, 2.24) is 4.98 Å². The molecule has 2 aromatic carbocycles. The Hall–Kier alpha value is -2.60. The van der Waals surface area contributed by atoms with Crippen LogP contribution in [0, 0.1) is 0 Å². The van der Waals surface area contributed by atoms with Crippen molar-refractivity contribution in [3.05, 3.63) is 65.2 Å². The molecule has 1 amide bonds. The van der Waals surface area contributed by atoms with Gasteiger partial charge in [0.25, 0.3) is 6.43 Å². The number of hydrogen-bond donors (Lipinski definition) is 1. The maximum atomic E-state index is 13.5. The van der Waals surface area contributed by atoms with Crippen LogP contribution in [0.3, 0.4) is 0 Å². The molecule has 0 aliphatic carbocycles. The van der Waals surface area contributed by atoms with E-state index in [1.165, 1.54) is 17.4 Å². The number of amides is 1. The van der Waals surface area contributed by atoms with Gasteiger partial charge < -0.3 is 5.73 Å². The number of primary amides is 1. The van der Waals surface area contributed by atoms with Crippen molar-refractivity contribution in [3.63, 3.8) is 0 Å². The molecule has 0 bridgehead atoms. The lowest BCUT2D eigenvalue weighted by Crippen LogP contribution is -2.12. The van der Waals surface area contributed by atoms with Crippen LogP contribution in [0.15, 0.2) is 54.0 Å². The second-order valence-corrected chi connectivity index (χ2v) is 5.71. The molecule has 23 heavy (non-hydrogen) atoms. The second kappa shape index (κ2) is 6.26. The van der Waals surface area contributed by atoms with Gasteiger partial charge in [-0.25, -0.2) is 13.8 Å². The summed E-state index contributed by atoms with van der Waals surface area (Å²) in [5, 5.41) is 2.21. The van der Waals surface area contributed by atoms with Crippen LogP contribution in [0.4, 0.5) is 8.78 Å². The first kappa shape index (κ1) is 15.3. The van der Waals surface area contributed by atoms with Crippen LogP contribution in [-0.2, 0) is 0 Å². The molecule has 116 valence electrons. The molecule has 1 aromatic heterocycles. The highest BCUT2D eigenvalue weighted by molar-refractivity contribution is 7.13. The third kappa shape index (κ3) is 2.85. The standard InChI is InChI=1S/C17H12F2N2OS/c18-15(19)13-7-3-6-11(14(13)17-21-8-9-23-17)10-4-1-2-5-12(10)16(20)22/h1-9,15H,(H2,20,22). The number of nitrogens with two attached hydrogens (primary N) is 1. The van der Waals surface area contributed by atoms with Gasteiger partial charge in [0, 0.05) is 28.3 Å². The summed E-state index contributed by atoms with van der Waals surface area (Å²) >= 11 is 1.27. The Balaban J connectivity index is 2.33. The molecule has 3 nitrogen and oxygen atoms in total. The number of alkyl halides is 2. The number of benzene rings is 2. The molecule has 0 fully saturated rings. The number of carbonyl (C=O) groups is 1. The maximum Gasteiger partial charge on any atom is 0.264 e. The first-order valence-corrected chi connectivity index (χ1v) is 7.67. The molecule has 0 unspecified atom stereocenters. The van der Waals surface area contributed by atoms with E-state index in [0.29, 0.717) is 21.7 Å². The molecule has 0 saturated heterocycles. The van der Waals surface area contributed by atoms with Gasteiger partial charge in [0.05, 0.1) is 0 Å². The minimum absolute atomic E-state index is 0.114. The van der Waals surface area contributed by atoms with E-state index >= 15 is 0 Å². The highest BCUT2D eigenvalue weighted by Gasteiger charge is 2.22. The van der Waals surface area contributed by atoms with E-state index in [4.69, 9.17) is 5.73 Å². The summed E-state index contributed by atoms with van der Waals surface area (Å²) in [5.41, 5.74) is 6.97.